The van der Waals surface area contributed by atoms with E-state index in [1.54, 1.807) is 0 Å². The predicted octanol–water partition coefficient (Wildman–Crippen LogP) is 2.88. The third-order valence-electron chi connectivity index (χ3n) is 3.96. The van der Waals surface area contributed by atoms with Crippen molar-refractivity contribution in [2.75, 3.05) is 30.9 Å². The number of anilines is 2. The number of benzene rings is 1. The molecule has 1 unspecified atom stereocenters. The second-order valence-corrected chi connectivity index (χ2v) is 5.86. The Balaban J connectivity index is 2.26. The van der Waals surface area contributed by atoms with Gasteiger partial charge >= 0.3 is 0 Å². The van der Waals surface area contributed by atoms with Crippen molar-refractivity contribution in [2.24, 2.45) is 0 Å². The maximum absolute atomic E-state index is 12.6. The molecule has 0 aliphatic carbocycles. The molecule has 4 nitrogen and oxygen atoms in total. The number of nitrogens with zero attached hydrogens (tertiary/aromatic N) is 1. The molecule has 5 heteroatoms. The normalized spacial score (nSPS) is 21.8. The molecule has 110 valence electrons. The summed E-state index contributed by atoms with van der Waals surface area (Å²) in [4.78, 5) is 14.5. The molecule has 1 aromatic carbocycles. The number of hydrogen-bond donors (Lipinski definition) is 2. The van der Waals surface area contributed by atoms with Crippen LogP contribution in [0.25, 0.3) is 0 Å². The molecule has 2 rings (SSSR count). The molecule has 1 amide bonds. The largest absolute Gasteiger partial charge is 0.375 e. The van der Waals surface area contributed by atoms with E-state index in [2.05, 4.69) is 10.6 Å². The summed E-state index contributed by atoms with van der Waals surface area (Å²) in [7, 11) is 3.83. The summed E-state index contributed by atoms with van der Waals surface area (Å²) in [5.74, 6) is 0.0304. The average molecular weight is 296 g/mol. The Hall–Kier alpha value is -1.26. The van der Waals surface area contributed by atoms with Gasteiger partial charge in [0.15, 0.2) is 0 Å². The molecule has 1 saturated heterocycles. The number of nitrogens with one attached hydrogen (secondary N) is 2. The van der Waals surface area contributed by atoms with Gasteiger partial charge in [-0.15, -0.1) is 0 Å². The van der Waals surface area contributed by atoms with Crippen molar-refractivity contribution in [1.29, 1.82) is 0 Å². The van der Waals surface area contributed by atoms with Gasteiger partial charge in [0.2, 0.25) is 5.91 Å². The topological polar surface area (TPSA) is 44.4 Å². The van der Waals surface area contributed by atoms with Crippen LogP contribution in [0.4, 0.5) is 11.4 Å². The average Bonchev–Trinajstić information content (AvgIpc) is 2.88. The first kappa shape index (κ1) is 15.1. The fourth-order valence-electron chi connectivity index (χ4n) is 2.78. The quantitative estimate of drug-likeness (QED) is 0.898. The van der Waals surface area contributed by atoms with Gasteiger partial charge < -0.3 is 15.5 Å². The highest BCUT2D eigenvalue weighted by Gasteiger charge is 2.39. The van der Waals surface area contributed by atoms with Crippen LogP contribution in [-0.2, 0) is 4.79 Å². The van der Waals surface area contributed by atoms with E-state index in [9.17, 15) is 4.79 Å². The minimum atomic E-state index is -0.439. The summed E-state index contributed by atoms with van der Waals surface area (Å²) < 4.78 is 0. The summed E-state index contributed by atoms with van der Waals surface area (Å²) in [6, 6.07) is 5.57. The van der Waals surface area contributed by atoms with Crippen molar-refractivity contribution in [2.45, 2.75) is 31.7 Å². The van der Waals surface area contributed by atoms with Crippen molar-refractivity contribution in [3.8, 4) is 0 Å². The molecule has 0 saturated carbocycles. The maximum atomic E-state index is 12.6. The van der Waals surface area contributed by atoms with Crippen molar-refractivity contribution in [3.63, 3.8) is 0 Å². The monoisotopic (exact) mass is 295 g/mol. The lowest BCUT2D eigenvalue weighted by Crippen LogP contribution is -2.50. The number of para-hydroxylation sites is 1. The van der Waals surface area contributed by atoms with E-state index in [1.165, 1.54) is 0 Å². The van der Waals surface area contributed by atoms with Gasteiger partial charge in [-0.25, -0.2) is 0 Å². The molecule has 1 heterocycles. The first-order chi connectivity index (χ1) is 9.50. The number of rotatable bonds is 4. The second kappa shape index (κ2) is 6.02. The Labute approximate surface area is 125 Å². The molecule has 1 atom stereocenters. The van der Waals surface area contributed by atoms with E-state index >= 15 is 0 Å². The molecule has 0 radical (unpaired) electrons. The summed E-state index contributed by atoms with van der Waals surface area (Å²) in [6.07, 6.45) is 2.71. The van der Waals surface area contributed by atoms with Crippen molar-refractivity contribution < 1.29 is 4.79 Å². The molecule has 0 bridgehead atoms. The summed E-state index contributed by atoms with van der Waals surface area (Å²) in [5.41, 5.74) is 1.16. The minimum absolute atomic E-state index is 0.0304. The van der Waals surface area contributed by atoms with E-state index < -0.39 is 5.54 Å². The number of carbonyl (C=O) groups is 1. The van der Waals surface area contributed by atoms with Crippen LogP contribution in [0.2, 0.25) is 5.02 Å². The van der Waals surface area contributed by atoms with E-state index in [0.717, 1.165) is 37.2 Å². The fourth-order valence-corrected chi connectivity index (χ4v) is 3.12. The van der Waals surface area contributed by atoms with Crippen LogP contribution in [0.15, 0.2) is 18.2 Å². The molecular weight excluding hydrogens is 274 g/mol. The molecule has 0 spiro atoms. The predicted molar refractivity (Wildman–Crippen MR) is 84.7 cm³/mol. The smallest absolute Gasteiger partial charge is 0.244 e. The SMILES string of the molecule is CCC1(C(=O)Nc2cccc(Cl)c2N(C)C)CCCN1. The highest BCUT2D eigenvalue weighted by Crippen LogP contribution is 2.34. The summed E-state index contributed by atoms with van der Waals surface area (Å²) in [6.45, 7) is 2.94. The number of halogens is 1. The van der Waals surface area contributed by atoms with E-state index in [-0.39, 0.29) is 5.91 Å². The number of hydrogen-bond acceptors (Lipinski definition) is 3. The Morgan fingerprint density at radius 1 is 1.50 bits per heavy atom. The van der Waals surface area contributed by atoms with Crippen LogP contribution in [0.1, 0.15) is 26.2 Å². The molecule has 1 fully saturated rings. The van der Waals surface area contributed by atoms with Gasteiger partial charge in [0, 0.05) is 14.1 Å². The Morgan fingerprint density at radius 2 is 2.25 bits per heavy atom. The first-order valence-electron chi connectivity index (χ1n) is 7.02. The van der Waals surface area contributed by atoms with Crippen molar-refractivity contribution >= 4 is 28.9 Å². The zero-order valence-electron chi connectivity index (χ0n) is 12.3. The first-order valence-corrected chi connectivity index (χ1v) is 7.40. The fraction of sp³-hybridized carbons (Fsp3) is 0.533. The van der Waals surface area contributed by atoms with E-state index in [1.807, 2.05) is 44.1 Å². The summed E-state index contributed by atoms with van der Waals surface area (Å²) in [5, 5.41) is 7.02. The van der Waals surface area contributed by atoms with Crippen molar-refractivity contribution in [3.05, 3.63) is 23.2 Å². The third kappa shape index (κ3) is 2.76. The second-order valence-electron chi connectivity index (χ2n) is 5.45. The lowest BCUT2D eigenvalue weighted by atomic mass is 9.93. The van der Waals surface area contributed by atoms with E-state index in [0.29, 0.717) is 5.02 Å². The van der Waals surface area contributed by atoms with Crippen LogP contribution >= 0.6 is 11.6 Å². The van der Waals surface area contributed by atoms with Gasteiger partial charge in [-0.2, -0.15) is 0 Å². The molecule has 2 N–H and O–H groups in total. The number of amides is 1. The molecule has 0 aromatic heterocycles. The zero-order chi connectivity index (χ0) is 14.8. The molecule has 1 aliphatic rings. The Kier molecular flexibility index (Phi) is 4.55. The highest BCUT2D eigenvalue weighted by atomic mass is 35.5. The third-order valence-corrected chi connectivity index (χ3v) is 4.27. The van der Waals surface area contributed by atoms with Crippen molar-refractivity contribution in [1.82, 2.24) is 5.32 Å². The van der Waals surface area contributed by atoms with Crippen LogP contribution < -0.4 is 15.5 Å². The van der Waals surface area contributed by atoms with Crippen LogP contribution in [0, 0.1) is 0 Å². The molecule has 20 heavy (non-hydrogen) atoms. The van der Waals surface area contributed by atoms with Gasteiger partial charge in [-0.05, 0) is 37.9 Å². The molecular formula is C15H22ClN3O. The Morgan fingerprint density at radius 3 is 2.80 bits per heavy atom. The Bertz CT molecular complexity index is 496. The van der Waals surface area contributed by atoms with Crippen LogP contribution in [-0.4, -0.2) is 32.1 Å². The maximum Gasteiger partial charge on any atom is 0.244 e. The van der Waals surface area contributed by atoms with Gasteiger partial charge in [0.05, 0.1) is 21.9 Å². The molecule has 1 aliphatic heterocycles. The van der Waals surface area contributed by atoms with Gasteiger partial charge in [-0.3, -0.25) is 4.79 Å². The standard InChI is InChI=1S/C15H22ClN3O/c1-4-15(9-6-10-17-15)14(20)18-12-8-5-7-11(16)13(12)19(2)3/h5,7-8,17H,4,6,9-10H2,1-3H3,(H,18,20). The lowest BCUT2D eigenvalue weighted by molar-refractivity contribution is -0.122. The van der Waals surface area contributed by atoms with Gasteiger partial charge in [0.1, 0.15) is 0 Å². The van der Waals surface area contributed by atoms with Crippen LogP contribution in [0.3, 0.4) is 0 Å². The van der Waals surface area contributed by atoms with Gasteiger partial charge in [0.25, 0.3) is 0 Å². The van der Waals surface area contributed by atoms with Crippen LogP contribution in [0.5, 0.6) is 0 Å². The zero-order valence-corrected chi connectivity index (χ0v) is 13.0. The minimum Gasteiger partial charge on any atom is -0.375 e. The lowest BCUT2D eigenvalue weighted by Gasteiger charge is -2.28. The highest BCUT2D eigenvalue weighted by molar-refractivity contribution is 6.34. The summed E-state index contributed by atoms with van der Waals surface area (Å²) >= 11 is 6.23. The molecule has 1 aromatic rings. The number of carbonyl (C=O) groups excluding carboxylic acids is 1. The van der Waals surface area contributed by atoms with E-state index in [4.69, 9.17) is 11.6 Å². The van der Waals surface area contributed by atoms with Gasteiger partial charge in [-0.1, -0.05) is 24.6 Å².